The van der Waals surface area contributed by atoms with Gasteiger partial charge in [-0.25, -0.2) is 8.42 Å². The lowest BCUT2D eigenvalue weighted by molar-refractivity contribution is -0.140. The minimum atomic E-state index is -4.18. The first-order valence-electron chi connectivity index (χ1n) is 15.4. The summed E-state index contributed by atoms with van der Waals surface area (Å²) in [4.78, 5) is 30.1. The van der Waals surface area contributed by atoms with E-state index in [9.17, 15) is 18.0 Å². The molecular formula is C37H42ClN3O4S. The van der Waals surface area contributed by atoms with Crippen molar-refractivity contribution in [3.05, 3.63) is 130 Å². The molecule has 4 aromatic rings. The summed E-state index contributed by atoms with van der Waals surface area (Å²) in [6, 6.07) is 27.6. The van der Waals surface area contributed by atoms with Gasteiger partial charge in [-0.2, -0.15) is 0 Å². The number of carbonyl (C=O) groups is 2. The molecule has 0 saturated carbocycles. The number of nitrogens with one attached hydrogen (secondary N) is 1. The maximum Gasteiger partial charge on any atom is 0.264 e. The van der Waals surface area contributed by atoms with Crippen LogP contribution in [0.5, 0.6) is 0 Å². The van der Waals surface area contributed by atoms with E-state index in [4.69, 9.17) is 11.6 Å². The van der Waals surface area contributed by atoms with Gasteiger partial charge in [0.05, 0.1) is 10.6 Å². The normalized spacial score (nSPS) is 12.7. The van der Waals surface area contributed by atoms with Crippen molar-refractivity contribution in [3.8, 4) is 0 Å². The molecule has 2 atom stereocenters. The molecule has 0 unspecified atom stereocenters. The van der Waals surface area contributed by atoms with Crippen LogP contribution in [-0.4, -0.2) is 43.8 Å². The van der Waals surface area contributed by atoms with Crippen LogP contribution in [0.25, 0.3) is 0 Å². The van der Waals surface area contributed by atoms with Gasteiger partial charge in [-0.1, -0.05) is 90.8 Å². The Morgan fingerprint density at radius 1 is 0.826 bits per heavy atom. The van der Waals surface area contributed by atoms with Gasteiger partial charge in [0, 0.05) is 24.0 Å². The third-order valence-electron chi connectivity index (χ3n) is 7.95. The number of sulfonamides is 1. The van der Waals surface area contributed by atoms with Crippen molar-refractivity contribution < 1.29 is 18.0 Å². The molecule has 4 rings (SSSR count). The Bertz CT molecular complexity index is 1740. The second kappa shape index (κ2) is 15.4. The topological polar surface area (TPSA) is 86.8 Å². The summed E-state index contributed by atoms with van der Waals surface area (Å²) in [5.41, 5.74) is 4.50. The lowest BCUT2D eigenvalue weighted by atomic mass is 10.0. The number of amides is 2. The molecule has 1 N–H and O–H groups in total. The zero-order chi connectivity index (χ0) is 33.4. The number of rotatable bonds is 13. The minimum absolute atomic E-state index is 0.00912. The number of benzene rings is 4. The monoisotopic (exact) mass is 659 g/mol. The molecule has 242 valence electrons. The molecule has 0 aliphatic carbocycles. The van der Waals surface area contributed by atoms with Crippen LogP contribution in [0, 0.1) is 20.8 Å². The van der Waals surface area contributed by atoms with Gasteiger partial charge >= 0.3 is 0 Å². The van der Waals surface area contributed by atoms with E-state index in [0.717, 1.165) is 26.6 Å². The van der Waals surface area contributed by atoms with Gasteiger partial charge in [0.1, 0.15) is 12.6 Å². The van der Waals surface area contributed by atoms with Gasteiger partial charge in [-0.3, -0.25) is 13.9 Å². The maximum atomic E-state index is 14.6. The molecule has 46 heavy (non-hydrogen) atoms. The Morgan fingerprint density at radius 3 is 2.04 bits per heavy atom. The van der Waals surface area contributed by atoms with E-state index >= 15 is 0 Å². The quantitative estimate of drug-likeness (QED) is 0.167. The molecule has 0 aromatic heterocycles. The number of hydrogen-bond donors (Lipinski definition) is 1. The molecule has 9 heteroatoms. The SMILES string of the molecule is CC[C@H](C)NC(=O)[C@@H](Cc1ccccc1)N(Cc1ccccc1Cl)C(=O)CN(c1cc(C)cc(C)c1)S(=O)(=O)c1ccc(C)cc1. The lowest BCUT2D eigenvalue weighted by Gasteiger charge is -2.34. The molecule has 7 nitrogen and oxygen atoms in total. The molecule has 2 amide bonds. The van der Waals surface area contributed by atoms with E-state index in [1.807, 2.05) is 77.1 Å². The zero-order valence-electron chi connectivity index (χ0n) is 27.0. The predicted octanol–water partition coefficient (Wildman–Crippen LogP) is 7.02. The van der Waals surface area contributed by atoms with Gasteiger partial charge in [0.15, 0.2) is 0 Å². The van der Waals surface area contributed by atoms with E-state index in [-0.39, 0.29) is 29.8 Å². The average molecular weight is 660 g/mol. The summed E-state index contributed by atoms with van der Waals surface area (Å²) in [5.74, 6) is -0.854. The highest BCUT2D eigenvalue weighted by molar-refractivity contribution is 7.92. The summed E-state index contributed by atoms with van der Waals surface area (Å²) in [6.07, 6.45) is 0.936. The lowest BCUT2D eigenvalue weighted by Crippen LogP contribution is -2.54. The third kappa shape index (κ3) is 8.77. The Labute approximate surface area is 278 Å². The molecule has 0 fully saturated rings. The summed E-state index contributed by atoms with van der Waals surface area (Å²) in [7, 11) is -4.18. The van der Waals surface area contributed by atoms with Gasteiger partial charge in [0.2, 0.25) is 11.8 Å². The predicted molar refractivity (Wildman–Crippen MR) is 185 cm³/mol. The van der Waals surface area contributed by atoms with Crippen LogP contribution < -0.4 is 9.62 Å². The first-order chi connectivity index (χ1) is 21.9. The van der Waals surface area contributed by atoms with Crippen LogP contribution in [0.2, 0.25) is 5.02 Å². The summed E-state index contributed by atoms with van der Waals surface area (Å²) >= 11 is 6.58. The standard InChI is InChI=1S/C37H42ClN3O4S/c1-6-29(5)39-37(43)35(23-30-12-8-7-9-13-30)40(24-31-14-10-11-15-34(31)38)36(42)25-41(32-21-27(3)20-28(4)22-32)46(44,45)33-18-16-26(2)17-19-33/h7-22,29,35H,6,23-25H2,1-5H3,(H,39,43)/t29-,35+/m0/s1. The number of anilines is 1. The van der Waals surface area contributed by atoms with Crippen molar-refractivity contribution in [2.75, 3.05) is 10.8 Å². The van der Waals surface area contributed by atoms with Gasteiger partial charge < -0.3 is 10.2 Å². The fraction of sp³-hybridized carbons (Fsp3) is 0.297. The Morgan fingerprint density at radius 2 is 1.43 bits per heavy atom. The van der Waals surface area contributed by atoms with Crippen LogP contribution >= 0.6 is 11.6 Å². The first-order valence-corrected chi connectivity index (χ1v) is 17.3. The van der Waals surface area contributed by atoms with E-state index in [1.165, 1.54) is 4.90 Å². The van der Waals surface area contributed by atoms with Gasteiger partial charge in [-0.15, -0.1) is 0 Å². The minimum Gasteiger partial charge on any atom is -0.352 e. The molecular weight excluding hydrogens is 618 g/mol. The second-order valence-corrected chi connectivity index (χ2v) is 14.1. The fourth-order valence-corrected chi connectivity index (χ4v) is 6.86. The van der Waals surface area contributed by atoms with Crippen molar-refractivity contribution in [3.63, 3.8) is 0 Å². The summed E-state index contributed by atoms with van der Waals surface area (Å²) in [5, 5.41) is 3.49. The highest BCUT2D eigenvalue weighted by Gasteiger charge is 2.35. The molecule has 4 aromatic carbocycles. The number of halogens is 1. The van der Waals surface area contributed by atoms with Crippen LogP contribution in [0.4, 0.5) is 5.69 Å². The van der Waals surface area contributed by atoms with Crippen molar-refractivity contribution in [2.45, 2.75) is 71.0 Å². The third-order valence-corrected chi connectivity index (χ3v) is 10.1. The Balaban J connectivity index is 1.84. The smallest absolute Gasteiger partial charge is 0.264 e. The Hall–Kier alpha value is -4.14. The Kier molecular flexibility index (Phi) is 11.7. The van der Waals surface area contributed by atoms with E-state index < -0.39 is 28.5 Å². The molecule has 0 aliphatic heterocycles. The number of hydrogen-bond acceptors (Lipinski definition) is 4. The van der Waals surface area contributed by atoms with Crippen molar-refractivity contribution in [1.82, 2.24) is 10.2 Å². The number of carbonyl (C=O) groups excluding carboxylic acids is 2. The first kappa shape index (κ1) is 34.7. The highest BCUT2D eigenvalue weighted by Crippen LogP contribution is 2.28. The maximum absolute atomic E-state index is 14.6. The van der Waals surface area contributed by atoms with Crippen LogP contribution in [0.1, 0.15) is 48.1 Å². The summed E-state index contributed by atoms with van der Waals surface area (Å²) in [6.45, 7) is 9.02. The molecule has 0 radical (unpaired) electrons. The average Bonchev–Trinajstić information content (AvgIpc) is 3.02. The molecule has 0 heterocycles. The number of aryl methyl sites for hydroxylation is 3. The van der Waals surface area contributed by atoms with Gasteiger partial charge in [-0.05, 0) is 86.7 Å². The fourth-order valence-electron chi connectivity index (χ4n) is 5.27. The molecule has 0 bridgehead atoms. The summed E-state index contributed by atoms with van der Waals surface area (Å²) < 4.78 is 29.7. The van der Waals surface area contributed by atoms with Gasteiger partial charge in [0.25, 0.3) is 10.0 Å². The molecule has 0 spiro atoms. The van der Waals surface area contributed by atoms with E-state index in [1.54, 1.807) is 54.6 Å². The van der Waals surface area contributed by atoms with Crippen molar-refractivity contribution in [1.29, 1.82) is 0 Å². The van der Waals surface area contributed by atoms with E-state index in [0.29, 0.717) is 22.7 Å². The largest absolute Gasteiger partial charge is 0.352 e. The molecule has 0 saturated heterocycles. The molecule has 0 aliphatic rings. The van der Waals surface area contributed by atoms with Crippen LogP contribution in [0.15, 0.2) is 102 Å². The van der Waals surface area contributed by atoms with E-state index in [2.05, 4.69) is 5.32 Å². The van der Waals surface area contributed by atoms with Crippen LogP contribution in [0.3, 0.4) is 0 Å². The van der Waals surface area contributed by atoms with Crippen LogP contribution in [-0.2, 0) is 32.6 Å². The van der Waals surface area contributed by atoms with Crippen molar-refractivity contribution in [2.24, 2.45) is 0 Å². The highest BCUT2D eigenvalue weighted by atomic mass is 35.5. The van der Waals surface area contributed by atoms with Crippen molar-refractivity contribution >= 4 is 39.1 Å². The second-order valence-electron chi connectivity index (χ2n) is 11.8. The number of nitrogens with zero attached hydrogens (tertiary/aromatic N) is 2. The zero-order valence-corrected chi connectivity index (χ0v) is 28.6.